The Morgan fingerprint density at radius 1 is 1.22 bits per heavy atom. The van der Waals surface area contributed by atoms with E-state index in [9.17, 15) is 9.59 Å². The second-order valence-corrected chi connectivity index (χ2v) is 8.36. The lowest BCUT2D eigenvalue weighted by Gasteiger charge is -2.17. The smallest absolute Gasteiger partial charge is 0.348 e. The van der Waals surface area contributed by atoms with Crippen LogP contribution in [-0.4, -0.2) is 36.6 Å². The zero-order valence-corrected chi connectivity index (χ0v) is 17.3. The third-order valence-electron chi connectivity index (χ3n) is 5.17. The number of aryl methyl sites for hydroxylation is 3. The van der Waals surface area contributed by atoms with Crippen LogP contribution in [0.2, 0.25) is 0 Å². The molecule has 0 amide bonds. The first-order chi connectivity index (χ1) is 12.9. The third-order valence-corrected chi connectivity index (χ3v) is 6.38. The molecule has 0 spiro atoms. The minimum Gasteiger partial charge on any atom is -0.453 e. The number of methoxy groups -OCH3 is 1. The standard InChI is InChI=1S/C21H27NO4S/c1-13-9-17(15(3)22(13)14(2)11-25-4)18(23)12-26-21(24)20-10-16-7-5-6-8-19(16)27-20/h9-10,14H,5-8,11-12H2,1-4H3/t14-/m0/s1. The Labute approximate surface area is 164 Å². The van der Waals surface area contributed by atoms with E-state index in [1.165, 1.54) is 34.6 Å². The second-order valence-electron chi connectivity index (χ2n) is 7.22. The normalized spacial score (nSPS) is 14.7. The van der Waals surface area contributed by atoms with Gasteiger partial charge in [0, 0.05) is 28.9 Å². The van der Waals surface area contributed by atoms with Gasteiger partial charge in [-0.15, -0.1) is 11.3 Å². The summed E-state index contributed by atoms with van der Waals surface area (Å²) in [5.41, 5.74) is 3.75. The Morgan fingerprint density at radius 2 is 1.96 bits per heavy atom. The van der Waals surface area contributed by atoms with Crippen molar-refractivity contribution in [3.05, 3.63) is 44.4 Å². The van der Waals surface area contributed by atoms with E-state index in [0.29, 0.717) is 17.0 Å². The highest BCUT2D eigenvalue weighted by Gasteiger charge is 2.22. The molecule has 0 fully saturated rings. The average molecular weight is 390 g/mol. The Hall–Kier alpha value is -1.92. The summed E-state index contributed by atoms with van der Waals surface area (Å²) in [6, 6.07) is 3.93. The fraction of sp³-hybridized carbons (Fsp3) is 0.524. The summed E-state index contributed by atoms with van der Waals surface area (Å²) in [7, 11) is 1.67. The van der Waals surface area contributed by atoms with Gasteiger partial charge in [-0.1, -0.05) is 0 Å². The van der Waals surface area contributed by atoms with Gasteiger partial charge in [-0.2, -0.15) is 0 Å². The van der Waals surface area contributed by atoms with Crippen LogP contribution >= 0.6 is 11.3 Å². The number of Topliss-reactive ketones (excluding diaryl/α,β-unsaturated/α-hetero) is 1. The van der Waals surface area contributed by atoms with E-state index >= 15 is 0 Å². The molecular weight excluding hydrogens is 362 g/mol. The minimum absolute atomic E-state index is 0.136. The van der Waals surface area contributed by atoms with Crippen LogP contribution < -0.4 is 0 Å². The van der Waals surface area contributed by atoms with E-state index < -0.39 is 5.97 Å². The van der Waals surface area contributed by atoms with E-state index in [-0.39, 0.29) is 18.4 Å². The maximum atomic E-state index is 12.6. The van der Waals surface area contributed by atoms with Crippen LogP contribution in [0.1, 0.15) is 67.7 Å². The Balaban J connectivity index is 1.66. The Kier molecular flexibility index (Phi) is 6.17. The number of ether oxygens (including phenoxy) is 2. The minimum atomic E-state index is -0.399. The molecule has 1 atom stereocenters. The third kappa shape index (κ3) is 4.17. The molecule has 2 aromatic rings. The SMILES string of the molecule is COC[C@H](C)n1c(C)cc(C(=O)COC(=O)c2cc3c(s2)CCCC3)c1C. The Bertz CT molecular complexity index is 825. The zero-order chi connectivity index (χ0) is 19.6. The molecule has 0 aromatic carbocycles. The Morgan fingerprint density at radius 3 is 2.67 bits per heavy atom. The predicted octanol–water partition coefficient (Wildman–Crippen LogP) is 4.29. The number of carbonyl (C=O) groups is 2. The number of hydrogen-bond donors (Lipinski definition) is 0. The molecule has 0 unspecified atom stereocenters. The van der Waals surface area contributed by atoms with Gasteiger partial charge in [0.25, 0.3) is 0 Å². The second kappa shape index (κ2) is 8.40. The van der Waals surface area contributed by atoms with Crippen molar-refractivity contribution in [2.75, 3.05) is 20.3 Å². The van der Waals surface area contributed by atoms with E-state index in [1.54, 1.807) is 7.11 Å². The van der Waals surface area contributed by atoms with E-state index in [0.717, 1.165) is 24.2 Å². The molecule has 0 aliphatic heterocycles. The van der Waals surface area contributed by atoms with Gasteiger partial charge in [-0.05, 0) is 64.2 Å². The monoisotopic (exact) mass is 389 g/mol. The summed E-state index contributed by atoms with van der Waals surface area (Å²) in [5.74, 6) is -0.571. The van der Waals surface area contributed by atoms with Crippen LogP contribution in [0.15, 0.2) is 12.1 Å². The van der Waals surface area contributed by atoms with Crippen LogP contribution in [0.25, 0.3) is 0 Å². The largest absolute Gasteiger partial charge is 0.453 e. The molecule has 0 radical (unpaired) electrons. The fourth-order valence-electron chi connectivity index (χ4n) is 3.92. The predicted molar refractivity (Wildman–Crippen MR) is 106 cm³/mol. The molecule has 3 rings (SSSR count). The number of fused-ring (bicyclic) bond motifs is 1. The molecule has 2 aromatic heterocycles. The number of rotatable bonds is 7. The number of hydrogen-bond acceptors (Lipinski definition) is 5. The summed E-state index contributed by atoms with van der Waals surface area (Å²) in [5, 5.41) is 0. The topological polar surface area (TPSA) is 57.5 Å². The van der Waals surface area contributed by atoms with Crippen molar-refractivity contribution in [3.63, 3.8) is 0 Å². The van der Waals surface area contributed by atoms with E-state index in [4.69, 9.17) is 9.47 Å². The molecule has 1 aliphatic carbocycles. The van der Waals surface area contributed by atoms with Gasteiger partial charge in [0.15, 0.2) is 6.61 Å². The molecule has 1 aliphatic rings. The van der Waals surface area contributed by atoms with Gasteiger partial charge in [0.05, 0.1) is 12.6 Å². The highest BCUT2D eigenvalue weighted by atomic mass is 32.1. The first kappa shape index (κ1) is 19.8. The van der Waals surface area contributed by atoms with Crippen molar-refractivity contribution in [1.82, 2.24) is 4.57 Å². The number of carbonyl (C=O) groups excluding carboxylic acids is 2. The fourth-order valence-corrected chi connectivity index (χ4v) is 5.07. The number of nitrogens with zero attached hydrogens (tertiary/aromatic N) is 1. The van der Waals surface area contributed by atoms with Crippen molar-refractivity contribution in [1.29, 1.82) is 0 Å². The number of esters is 1. The van der Waals surface area contributed by atoms with Crippen molar-refractivity contribution in [3.8, 4) is 0 Å². The summed E-state index contributed by atoms with van der Waals surface area (Å²) >= 11 is 1.51. The molecule has 0 bridgehead atoms. The first-order valence-electron chi connectivity index (χ1n) is 9.41. The summed E-state index contributed by atoms with van der Waals surface area (Å²) in [6.07, 6.45) is 4.42. The first-order valence-corrected chi connectivity index (χ1v) is 10.2. The average Bonchev–Trinajstić information content (AvgIpc) is 3.20. The van der Waals surface area contributed by atoms with Gasteiger partial charge < -0.3 is 14.0 Å². The summed E-state index contributed by atoms with van der Waals surface area (Å²) in [4.78, 5) is 26.9. The molecule has 5 nitrogen and oxygen atoms in total. The zero-order valence-electron chi connectivity index (χ0n) is 16.5. The highest BCUT2D eigenvalue weighted by molar-refractivity contribution is 7.14. The molecule has 27 heavy (non-hydrogen) atoms. The quantitative estimate of drug-likeness (QED) is 0.523. The van der Waals surface area contributed by atoms with Gasteiger partial charge in [0.2, 0.25) is 5.78 Å². The van der Waals surface area contributed by atoms with Crippen molar-refractivity contribution < 1.29 is 19.1 Å². The van der Waals surface area contributed by atoms with Crippen LogP contribution in [0.3, 0.4) is 0 Å². The van der Waals surface area contributed by atoms with Crippen LogP contribution in [0.4, 0.5) is 0 Å². The van der Waals surface area contributed by atoms with Crippen LogP contribution in [-0.2, 0) is 22.3 Å². The van der Waals surface area contributed by atoms with E-state index in [1.807, 2.05) is 26.0 Å². The number of aromatic nitrogens is 1. The molecule has 6 heteroatoms. The van der Waals surface area contributed by atoms with Crippen molar-refractivity contribution in [2.24, 2.45) is 0 Å². The molecule has 0 saturated heterocycles. The maximum absolute atomic E-state index is 12.6. The van der Waals surface area contributed by atoms with Crippen molar-refractivity contribution >= 4 is 23.1 Å². The lowest BCUT2D eigenvalue weighted by Crippen LogP contribution is -2.16. The molecule has 0 saturated carbocycles. The van der Waals surface area contributed by atoms with Crippen LogP contribution in [0, 0.1) is 13.8 Å². The number of thiophene rings is 1. The molecular formula is C21H27NO4S. The lowest BCUT2D eigenvalue weighted by atomic mass is 9.99. The molecule has 146 valence electrons. The lowest BCUT2D eigenvalue weighted by molar-refractivity contribution is 0.0479. The summed E-state index contributed by atoms with van der Waals surface area (Å²) in [6.45, 7) is 6.28. The molecule has 2 heterocycles. The van der Waals surface area contributed by atoms with E-state index in [2.05, 4.69) is 11.5 Å². The highest BCUT2D eigenvalue weighted by Crippen LogP contribution is 2.30. The van der Waals surface area contributed by atoms with Gasteiger partial charge in [0.1, 0.15) is 4.88 Å². The maximum Gasteiger partial charge on any atom is 0.348 e. The van der Waals surface area contributed by atoms with Gasteiger partial charge in [-0.3, -0.25) is 4.79 Å². The van der Waals surface area contributed by atoms with Crippen molar-refractivity contribution in [2.45, 2.75) is 52.5 Å². The number of ketones is 1. The summed E-state index contributed by atoms with van der Waals surface area (Å²) < 4.78 is 12.6. The van der Waals surface area contributed by atoms with Gasteiger partial charge >= 0.3 is 5.97 Å². The van der Waals surface area contributed by atoms with Gasteiger partial charge in [-0.25, -0.2) is 4.79 Å². The van der Waals surface area contributed by atoms with Crippen LogP contribution in [0.5, 0.6) is 0 Å². The molecule has 0 N–H and O–H groups in total.